The Balaban J connectivity index is 1.98. The molecule has 0 heterocycles. The van der Waals surface area contributed by atoms with Crippen LogP contribution < -0.4 is 0 Å². The van der Waals surface area contributed by atoms with E-state index < -0.39 is 0 Å². The van der Waals surface area contributed by atoms with Crippen LogP contribution in [0.1, 0.15) is 23.2 Å². The lowest BCUT2D eigenvalue weighted by Gasteiger charge is -2.05. The summed E-state index contributed by atoms with van der Waals surface area (Å²) in [6, 6.07) is 8.98. The largest absolute Gasteiger partial charge is 0.428 e. The third-order valence-electron chi connectivity index (χ3n) is 2.27. The molecule has 14 heavy (non-hydrogen) atoms. The van der Waals surface area contributed by atoms with E-state index in [2.05, 4.69) is 6.58 Å². The smallest absolute Gasteiger partial charge is 0.343 e. The summed E-state index contributed by atoms with van der Waals surface area (Å²) >= 11 is 0. The molecule has 2 rings (SSSR count). The van der Waals surface area contributed by atoms with Gasteiger partial charge in [0.1, 0.15) is 5.76 Å². The van der Waals surface area contributed by atoms with Crippen molar-refractivity contribution in [2.24, 2.45) is 5.92 Å². The maximum Gasteiger partial charge on any atom is 0.343 e. The van der Waals surface area contributed by atoms with Crippen molar-refractivity contribution < 1.29 is 9.53 Å². The number of benzene rings is 1. The third-order valence-corrected chi connectivity index (χ3v) is 2.27. The molecule has 0 aliphatic heterocycles. The summed E-state index contributed by atoms with van der Waals surface area (Å²) in [6.45, 7) is 3.74. The van der Waals surface area contributed by atoms with E-state index in [-0.39, 0.29) is 5.97 Å². The second-order valence-electron chi connectivity index (χ2n) is 3.50. The third kappa shape index (κ3) is 2.02. The molecule has 0 spiro atoms. The number of ether oxygens (including phenoxy) is 1. The fourth-order valence-corrected chi connectivity index (χ4v) is 1.24. The molecule has 1 fully saturated rings. The molecule has 0 atom stereocenters. The van der Waals surface area contributed by atoms with E-state index in [0.717, 1.165) is 12.8 Å². The highest BCUT2D eigenvalue weighted by molar-refractivity contribution is 5.89. The molecular weight excluding hydrogens is 176 g/mol. The van der Waals surface area contributed by atoms with E-state index in [1.165, 1.54) is 0 Å². The molecule has 0 bridgehead atoms. The van der Waals surface area contributed by atoms with Crippen LogP contribution in [0.3, 0.4) is 0 Å². The van der Waals surface area contributed by atoms with Gasteiger partial charge in [-0.25, -0.2) is 4.79 Å². The van der Waals surface area contributed by atoms with Gasteiger partial charge in [0.25, 0.3) is 0 Å². The number of rotatable bonds is 3. The fourth-order valence-electron chi connectivity index (χ4n) is 1.24. The van der Waals surface area contributed by atoms with Crippen molar-refractivity contribution in [3.63, 3.8) is 0 Å². The van der Waals surface area contributed by atoms with Gasteiger partial charge in [0.15, 0.2) is 0 Å². The molecule has 1 aromatic carbocycles. The van der Waals surface area contributed by atoms with Crippen molar-refractivity contribution in [2.75, 3.05) is 0 Å². The van der Waals surface area contributed by atoms with Gasteiger partial charge in [-0.3, -0.25) is 0 Å². The summed E-state index contributed by atoms with van der Waals surface area (Å²) < 4.78 is 5.13. The summed E-state index contributed by atoms with van der Waals surface area (Å²) in [6.07, 6.45) is 2.20. The standard InChI is InChI=1S/C12H12O2/c1-9(10-7-8-10)14-12(13)11-5-3-2-4-6-11/h2-6,10H,1,7-8H2. The molecular formula is C12H12O2. The Morgan fingerprint density at radius 2 is 1.93 bits per heavy atom. The molecule has 0 aromatic heterocycles. The van der Waals surface area contributed by atoms with Crippen LogP contribution in [-0.4, -0.2) is 5.97 Å². The first-order chi connectivity index (χ1) is 6.77. The monoisotopic (exact) mass is 188 g/mol. The molecule has 0 amide bonds. The van der Waals surface area contributed by atoms with Gasteiger partial charge in [-0.15, -0.1) is 0 Å². The van der Waals surface area contributed by atoms with Crippen molar-refractivity contribution in [1.82, 2.24) is 0 Å². The average molecular weight is 188 g/mol. The molecule has 1 saturated carbocycles. The quantitative estimate of drug-likeness (QED) is 0.538. The van der Waals surface area contributed by atoms with Crippen molar-refractivity contribution in [3.05, 3.63) is 48.2 Å². The summed E-state index contributed by atoms with van der Waals surface area (Å²) in [5.41, 5.74) is 0.578. The number of allylic oxidation sites excluding steroid dienone is 1. The molecule has 1 aromatic rings. The molecule has 2 heteroatoms. The Bertz CT molecular complexity index is 350. The van der Waals surface area contributed by atoms with Crippen LogP contribution in [0, 0.1) is 5.92 Å². The van der Waals surface area contributed by atoms with E-state index in [4.69, 9.17) is 4.74 Å². The van der Waals surface area contributed by atoms with Gasteiger partial charge in [0, 0.05) is 5.92 Å². The van der Waals surface area contributed by atoms with Crippen LogP contribution in [0.4, 0.5) is 0 Å². The van der Waals surface area contributed by atoms with E-state index in [0.29, 0.717) is 17.2 Å². The molecule has 2 nitrogen and oxygen atoms in total. The van der Waals surface area contributed by atoms with Gasteiger partial charge in [0.2, 0.25) is 0 Å². The van der Waals surface area contributed by atoms with Crippen LogP contribution in [0.5, 0.6) is 0 Å². The second kappa shape index (κ2) is 3.66. The summed E-state index contributed by atoms with van der Waals surface area (Å²) in [5, 5.41) is 0. The molecule has 1 aliphatic rings. The topological polar surface area (TPSA) is 26.3 Å². The van der Waals surface area contributed by atoms with Gasteiger partial charge >= 0.3 is 5.97 Å². The number of hydrogen-bond donors (Lipinski definition) is 0. The van der Waals surface area contributed by atoms with Crippen molar-refractivity contribution >= 4 is 5.97 Å². The highest BCUT2D eigenvalue weighted by Gasteiger charge is 2.27. The highest BCUT2D eigenvalue weighted by Crippen LogP contribution is 2.36. The molecule has 72 valence electrons. The van der Waals surface area contributed by atoms with Gasteiger partial charge < -0.3 is 4.74 Å². The Hall–Kier alpha value is -1.57. The minimum absolute atomic E-state index is 0.303. The van der Waals surface area contributed by atoms with Crippen molar-refractivity contribution in [1.29, 1.82) is 0 Å². The van der Waals surface area contributed by atoms with E-state index in [1.54, 1.807) is 12.1 Å². The number of hydrogen-bond acceptors (Lipinski definition) is 2. The van der Waals surface area contributed by atoms with E-state index in [9.17, 15) is 4.79 Å². The first-order valence-corrected chi connectivity index (χ1v) is 4.73. The van der Waals surface area contributed by atoms with Crippen molar-refractivity contribution in [3.8, 4) is 0 Å². The normalized spacial score (nSPS) is 14.9. The Kier molecular flexibility index (Phi) is 2.35. The Morgan fingerprint density at radius 3 is 2.50 bits per heavy atom. The minimum Gasteiger partial charge on any atom is -0.428 e. The van der Waals surface area contributed by atoms with Crippen LogP contribution in [-0.2, 0) is 4.74 Å². The maximum absolute atomic E-state index is 11.5. The van der Waals surface area contributed by atoms with Crippen LogP contribution in [0.15, 0.2) is 42.7 Å². The van der Waals surface area contributed by atoms with Gasteiger partial charge in [0.05, 0.1) is 5.56 Å². The van der Waals surface area contributed by atoms with Gasteiger partial charge in [-0.2, -0.15) is 0 Å². The SMILES string of the molecule is C=C(OC(=O)c1ccccc1)C1CC1. The zero-order chi connectivity index (χ0) is 9.97. The van der Waals surface area contributed by atoms with Crippen LogP contribution in [0.25, 0.3) is 0 Å². The highest BCUT2D eigenvalue weighted by atomic mass is 16.5. The van der Waals surface area contributed by atoms with Crippen LogP contribution in [0.2, 0.25) is 0 Å². The second-order valence-corrected chi connectivity index (χ2v) is 3.50. The summed E-state index contributed by atoms with van der Waals surface area (Å²) in [4.78, 5) is 11.5. The first kappa shape index (κ1) is 9.00. The lowest BCUT2D eigenvalue weighted by atomic mass is 10.2. The Morgan fingerprint density at radius 1 is 1.29 bits per heavy atom. The molecule has 0 radical (unpaired) electrons. The van der Waals surface area contributed by atoms with Crippen LogP contribution >= 0.6 is 0 Å². The summed E-state index contributed by atoms with van der Waals surface area (Å²) in [5.74, 6) is 0.712. The number of carbonyl (C=O) groups is 1. The minimum atomic E-state index is -0.303. The average Bonchev–Trinajstić information content (AvgIpc) is 3.02. The zero-order valence-corrected chi connectivity index (χ0v) is 7.90. The first-order valence-electron chi connectivity index (χ1n) is 4.73. The van der Waals surface area contributed by atoms with E-state index in [1.807, 2.05) is 18.2 Å². The fraction of sp³-hybridized carbons (Fsp3) is 0.250. The van der Waals surface area contributed by atoms with Crippen molar-refractivity contribution in [2.45, 2.75) is 12.8 Å². The Labute approximate surface area is 83.2 Å². The lowest BCUT2D eigenvalue weighted by molar-refractivity contribution is 0.0609. The predicted molar refractivity (Wildman–Crippen MR) is 53.7 cm³/mol. The van der Waals surface area contributed by atoms with E-state index >= 15 is 0 Å². The number of carbonyl (C=O) groups excluding carboxylic acids is 1. The number of esters is 1. The van der Waals surface area contributed by atoms with Gasteiger partial charge in [-0.1, -0.05) is 24.8 Å². The molecule has 0 unspecified atom stereocenters. The summed E-state index contributed by atoms with van der Waals surface area (Å²) in [7, 11) is 0. The maximum atomic E-state index is 11.5. The lowest BCUT2D eigenvalue weighted by Crippen LogP contribution is -2.05. The van der Waals surface area contributed by atoms with Gasteiger partial charge in [-0.05, 0) is 25.0 Å². The predicted octanol–water partition coefficient (Wildman–Crippen LogP) is 2.77. The zero-order valence-electron chi connectivity index (χ0n) is 7.90. The molecule has 0 N–H and O–H groups in total. The molecule has 1 aliphatic carbocycles. The molecule has 0 saturated heterocycles.